The number of allylic oxidation sites excluding steroid dienone is 9. The zero-order valence-corrected chi connectivity index (χ0v) is 13.6. The van der Waals surface area contributed by atoms with Gasteiger partial charge in [-0.05, 0) is 73.2 Å². The van der Waals surface area contributed by atoms with Crippen molar-refractivity contribution in [3.63, 3.8) is 0 Å². The molecule has 0 saturated heterocycles. The van der Waals surface area contributed by atoms with E-state index in [1.807, 2.05) is 0 Å². The molecular weight excluding hydrogens is 300 g/mol. The van der Waals surface area contributed by atoms with Crippen LogP contribution in [0.3, 0.4) is 0 Å². The first-order chi connectivity index (χ1) is 11.6. The Labute approximate surface area is 141 Å². The summed E-state index contributed by atoms with van der Waals surface area (Å²) in [6.45, 7) is 0. The van der Waals surface area contributed by atoms with Gasteiger partial charge in [0.15, 0.2) is 5.78 Å². The number of aliphatic hydroxyl groups is 2. The average Bonchev–Trinajstić information content (AvgIpc) is 3.39. The maximum atomic E-state index is 13.2. The van der Waals surface area contributed by atoms with E-state index in [2.05, 4.69) is 18.2 Å². The minimum absolute atomic E-state index is 0.0491. The highest BCUT2D eigenvalue weighted by Crippen LogP contribution is 2.55. The van der Waals surface area contributed by atoms with Crippen LogP contribution in [0.15, 0.2) is 58.6 Å². The molecule has 4 unspecified atom stereocenters. The van der Waals surface area contributed by atoms with E-state index in [4.69, 9.17) is 0 Å². The Kier molecular flexibility index (Phi) is 2.97. The van der Waals surface area contributed by atoms with Gasteiger partial charge in [-0.2, -0.15) is 0 Å². The predicted octanol–water partition coefficient (Wildman–Crippen LogP) is 4.32. The van der Waals surface area contributed by atoms with Crippen molar-refractivity contribution in [3.8, 4) is 0 Å². The molecule has 3 nitrogen and oxygen atoms in total. The predicted molar refractivity (Wildman–Crippen MR) is 91.2 cm³/mol. The number of hydrogen-bond donors (Lipinski definition) is 2. The number of aliphatic hydroxyl groups excluding tert-OH is 2. The first-order valence-corrected chi connectivity index (χ1v) is 9.12. The number of rotatable bonds is 2. The molecule has 4 atom stereocenters. The summed E-state index contributed by atoms with van der Waals surface area (Å²) < 4.78 is 0. The molecule has 2 fully saturated rings. The van der Waals surface area contributed by atoms with Gasteiger partial charge in [0.1, 0.15) is 11.5 Å². The van der Waals surface area contributed by atoms with Gasteiger partial charge in [0.05, 0.1) is 5.57 Å². The molecule has 24 heavy (non-hydrogen) atoms. The van der Waals surface area contributed by atoms with Gasteiger partial charge >= 0.3 is 0 Å². The van der Waals surface area contributed by atoms with Gasteiger partial charge in [0, 0.05) is 11.8 Å². The molecular formula is C21H22O3. The standard InChI is InChI=1S/C21H22O3/c22-14-2-1-3-15(11-4-5-11)16(10-14)19-20(23)17-12-6-7-13(9-8-12)18(17)21(19)24/h2-3,6-7,10-13,17-18,22-23H,1,4-5,8-9H2. The molecule has 0 radical (unpaired) electrons. The summed E-state index contributed by atoms with van der Waals surface area (Å²) in [5.41, 5.74) is 2.41. The van der Waals surface area contributed by atoms with Crippen molar-refractivity contribution < 1.29 is 15.0 Å². The molecule has 0 amide bonds. The highest BCUT2D eigenvalue weighted by molar-refractivity contribution is 6.06. The number of hydrogen-bond acceptors (Lipinski definition) is 3. The monoisotopic (exact) mass is 322 g/mol. The largest absolute Gasteiger partial charge is 0.511 e. The van der Waals surface area contributed by atoms with Crippen molar-refractivity contribution >= 4 is 5.78 Å². The minimum atomic E-state index is -0.0977. The van der Waals surface area contributed by atoms with E-state index in [1.165, 1.54) is 0 Å². The molecule has 2 N–H and O–H groups in total. The smallest absolute Gasteiger partial charge is 0.171 e. The molecule has 6 aliphatic carbocycles. The van der Waals surface area contributed by atoms with Crippen LogP contribution in [0.2, 0.25) is 0 Å². The topological polar surface area (TPSA) is 57.5 Å². The first kappa shape index (κ1) is 14.3. The molecule has 6 rings (SSSR count). The third-order valence-corrected chi connectivity index (χ3v) is 6.42. The second-order valence-electron chi connectivity index (χ2n) is 7.82. The Morgan fingerprint density at radius 3 is 2.25 bits per heavy atom. The lowest BCUT2D eigenvalue weighted by atomic mass is 9.63. The van der Waals surface area contributed by atoms with Crippen LogP contribution in [-0.4, -0.2) is 16.0 Å². The zero-order valence-electron chi connectivity index (χ0n) is 13.6. The molecule has 0 aromatic rings. The van der Waals surface area contributed by atoms with E-state index >= 15 is 0 Å². The number of fused-ring (bicyclic) bond motifs is 1. The third kappa shape index (κ3) is 1.93. The van der Waals surface area contributed by atoms with Crippen molar-refractivity contribution in [2.45, 2.75) is 32.1 Å². The number of ketones is 1. The van der Waals surface area contributed by atoms with Crippen molar-refractivity contribution in [3.05, 3.63) is 58.6 Å². The molecule has 2 bridgehead atoms. The normalized spacial score (nSPS) is 37.8. The number of Topliss-reactive ketones (excluding diaryl/α,β-unsaturated/α-hetero) is 1. The summed E-state index contributed by atoms with van der Waals surface area (Å²) >= 11 is 0. The van der Waals surface area contributed by atoms with Gasteiger partial charge in [0.25, 0.3) is 0 Å². The van der Waals surface area contributed by atoms with Crippen molar-refractivity contribution in [2.75, 3.05) is 0 Å². The zero-order chi connectivity index (χ0) is 16.4. The summed E-state index contributed by atoms with van der Waals surface area (Å²) in [4.78, 5) is 13.2. The summed E-state index contributed by atoms with van der Waals surface area (Å²) in [6, 6.07) is 0. The Morgan fingerprint density at radius 1 is 0.917 bits per heavy atom. The second-order valence-corrected chi connectivity index (χ2v) is 7.82. The molecule has 6 aliphatic rings. The van der Waals surface area contributed by atoms with Crippen molar-refractivity contribution in [1.82, 2.24) is 0 Å². The van der Waals surface area contributed by atoms with E-state index in [1.54, 1.807) is 12.2 Å². The third-order valence-electron chi connectivity index (χ3n) is 6.42. The van der Waals surface area contributed by atoms with E-state index in [-0.39, 0.29) is 41.0 Å². The van der Waals surface area contributed by atoms with Crippen LogP contribution in [0, 0.1) is 29.6 Å². The van der Waals surface area contributed by atoms with E-state index in [0.29, 0.717) is 17.9 Å². The van der Waals surface area contributed by atoms with Crippen molar-refractivity contribution in [2.24, 2.45) is 29.6 Å². The second kappa shape index (κ2) is 4.98. The van der Waals surface area contributed by atoms with Gasteiger partial charge in [-0.25, -0.2) is 0 Å². The molecule has 0 aliphatic heterocycles. The van der Waals surface area contributed by atoms with Gasteiger partial charge in [-0.3, -0.25) is 4.79 Å². The molecule has 2 saturated carbocycles. The average molecular weight is 322 g/mol. The van der Waals surface area contributed by atoms with Gasteiger partial charge in [-0.15, -0.1) is 0 Å². The molecule has 3 heteroatoms. The van der Waals surface area contributed by atoms with Crippen LogP contribution in [0.25, 0.3) is 0 Å². The highest BCUT2D eigenvalue weighted by Gasteiger charge is 2.53. The first-order valence-electron chi connectivity index (χ1n) is 9.12. The molecule has 0 spiro atoms. The lowest BCUT2D eigenvalue weighted by Gasteiger charge is -2.40. The fourth-order valence-corrected chi connectivity index (χ4v) is 5.16. The Bertz CT molecular complexity index is 773. The Hall–Kier alpha value is -2.03. The van der Waals surface area contributed by atoms with Crippen LogP contribution in [0.5, 0.6) is 0 Å². The van der Waals surface area contributed by atoms with Gasteiger partial charge in [0.2, 0.25) is 0 Å². The Balaban J connectivity index is 1.63. The maximum Gasteiger partial charge on any atom is 0.171 e. The highest BCUT2D eigenvalue weighted by atomic mass is 16.3. The lowest BCUT2D eigenvalue weighted by molar-refractivity contribution is -0.121. The quantitative estimate of drug-likeness (QED) is 0.745. The van der Waals surface area contributed by atoms with Crippen molar-refractivity contribution in [1.29, 1.82) is 0 Å². The fraction of sp³-hybridized carbons (Fsp3) is 0.476. The van der Waals surface area contributed by atoms with E-state index < -0.39 is 0 Å². The van der Waals surface area contributed by atoms with Crippen LogP contribution in [0.4, 0.5) is 0 Å². The molecule has 0 aromatic heterocycles. The summed E-state index contributed by atoms with van der Waals surface area (Å²) in [6.07, 6.45) is 15.0. The Morgan fingerprint density at radius 2 is 1.62 bits per heavy atom. The van der Waals surface area contributed by atoms with Gasteiger partial charge in [-0.1, -0.05) is 18.2 Å². The molecule has 0 aromatic carbocycles. The van der Waals surface area contributed by atoms with E-state index in [0.717, 1.165) is 36.8 Å². The molecule has 124 valence electrons. The number of carbonyl (C=O) groups is 1. The SMILES string of the molecule is O=C1C(C2=CC(O)=CCC=C2C2CC2)=C(O)C2C3C=CC(CC3)C12. The fourth-order valence-electron chi connectivity index (χ4n) is 5.16. The van der Waals surface area contributed by atoms with Crippen LogP contribution in [0.1, 0.15) is 32.1 Å². The summed E-state index contributed by atoms with van der Waals surface area (Å²) in [5.74, 6) is 1.43. The number of carbonyl (C=O) groups excluding carboxylic acids is 1. The minimum Gasteiger partial charge on any atom is -0.511 e. The van der Waals surface area contributed by atoms with Crippen LogP contribution < -0.4 is 0 Å². The summed E-state index contributed by atoms with van der Waals surface area (Å²) in [7, 11) is 0. The molecule has 0 heterocycles. The van der Waals surface area contributed by atoms with E-state index in [9.17, 15) is 15.0 Å². The van der Waals surface area contributed by atoms with Crippen LogP contribution in [-0.2, 0) is 4.79 Å². The van der Waals surface area contributed by atoms with Gasteiger partial charge < -0.3 is 10.2 Å². The van der Waals surface area contributed by atoms with Crippen LogP contribution >= 0.6 is 0 Å². The maximum absolute atomic E-state index is 13.2. The summed E-state index contributed by atoms with van der Waals surface area (Å²) in [5, 5.41) is 21.1. The lowest BCUT2D eigenvalue weighted by Crippen LogP contribution is -2.38.